The number of benzene rings is 1. The van der Waals surface area contributed by atoms with E-state index in [0.29, 0.717) is 5.39 Å². The zero-order valence-corrected chi connectivity index (χ0v) is 9.06. The zero-order chi connectivity index (χ0) is 11.4. The molecule has 1 aromatic heterocycles. The molecule has 1 aromatic carbocycles. The molecule has 15 heavy (non-hydrogen) atoms. The van der Waals surface area contributed by atoms with E-state index in [1.54, 1.807) is 23.9 Å². The quantitative estimate of drug-likeness (QED) is 0.778. The number of hydrogen-bond donors (Lipinski definition) is 1. The molecule has 0 unspecified atom stereocenters. The molecule has 0 saturated carbocycles. The second kappa shape index (κ2) is 4.59. The lowest BCUT2D eigenvalue weighted by atomic mass is 10.2. The lowest BCUT2D eigenvalue weighted by Gasteiger charge is -1.90. The first-order valence-electron chi connectivity index (χ1n) is 4.85. The van der Waals surface area contributed by atoms with Gasteiger partial charge in [0.1, 0.15) is 0 Å². The topological polar surface area (TPSA) is 55.1 Å². The maximum atomic E-state index is 10.8. The van der Waals surface area contributed by atoms with E-state index in [4.69, 9.17) is 5.11 Å². The molecule has 1 heterocycles. The predicted molar refractivity (Wildman–Crippen MR) is 59.0 cm³/mol. The van der Waals surface area contributed by atoms with Gasteiger partial charge in [-0.3, -0.25) is 4.68 Å². The highest BCUT2D eigenvalue weighted by molar-refractivity contribution is 6.01. The fraction of sp³-hybridized carbons (Fsp3) is 0.273. The number of carboxylic acid groups (broad SMARTS) is 1. The largest absolute Gasteiger partial charge is 0.476 e. The summed E-state index contributed by atoms with van der Waals surface area (Å²) in [6.45, 7) is 4.00. The Morgan fingerprint density at radius 3 is 2.53 bits per heavy atom. The van der Waals surface area contributed by atoms with E-state index < -0.39 is 5.97 Å². The average Bonchev–Trinajstić information content (AvgIpc) is 2.60. The van der Waals surface area contributed by atoms with Crippen LogP contribution in [0, 0.1) is 0 Å². The fourth-order valence-electron chi connectivity index (χ4n) is 1.37. The molecular formula is C11H14N2O2. The summed E-state index contributed by atoms with van der Waals surface area (Å²) < 4.78 is 1.57. The van der Waals surface area contributed by atoms with E-state index in [1.807, 2.05) is 26.0 Å². The molecule has 1 N–H and O–H groups in total. The van der Waals surface area contributed by atoms with Crippen molar-refractivity contribution in [3.05, 3.63) is 30.0 Å². The number of carbonyl (C=O) groups is 1. The van der Waals surface area contributed by atoms with Crippen LogP contribution >= 0.6 is 0 Å². The van der Waals surface area contributed by atoms with Crippen LogP contribution in [0.2, 0.25) is 0 Å². The van der Waals surface area contributed by atoms with Gasteiger partial charge in [0.05, 0.1) is 5.52 Å². The van der Waals surface area contributed by atoms with Gasteiger partial charge in [-0.15, -0.1) is 0 Å². The van der Waals surface area contributed by atoms with E-state index in [9.17, 15) is 4.79 Å². The Morgan fingerprint density at radius 1 is 1.33 bits per heavy atom. The number of para-hydroxylation sites is 1. The number of aromatic nitrogens is 2. The first-order chi connectivity index (χ1) is 7.20. The van der Waals surface area contributed by atoms with Crippen molar-refractivity contribution < 1.29 is 9.90 Å². The summed E-state index contributed by atoms with van der Waals surface area (Å²) in [5, 5.41) is 13.4. The Bertz CT molecular complexity index is 474. The molecule has 0 fully saturated rings. The van der Waals surface area contributed by atoms with Crippen molar-refractivity contribution in [2.75, 3.05) is 0 Å². The first-order valence-corrected chi connectivity index (χ1v) is 4.85. The third-order valence-corrected chi connectivity index (χ3v) is 1.96. The molecule has 0 aliphatic carbocycles. The molecule has 0 atom stereocenters. The van der Waals surface area contributed by atoms with Gasteiger partial charge in [0.15, 0.2) is 5.69 Å². The van der Waals surface area contributed by atoms with E-state index in [0.717, 1.165) is 5.52 Å². The SMILES string of the molecule is CC.Cn1nc(C(=O)O)c2ccccc21. The van der Waals surface area contributed by atoms with Gasteiger partial charge in [-0.1, -0.05) is 32.0 Å². The average molecular weight is 206 g/mol. The molecule has 2 rings (SSSR count). The van der Waals surface area contributed by atoms with Crippen molar-refractivity contribution in [3.8, 4) is 0 Å². The molecular weight excluding hydrogens is 192 g/mol. The summed E-state index contributed by atoms with van der Waals surface area (Å²) in [6, 6.07) is 7.26. The van der Waals surface area contributed by atoms with Crippen LogP contribution in [0.15, 0.2) is 24.3 Å². The molecule has 0 radical (unpaired) electrons. The fourth-order valence-corrected chi connectivity index (χ4v) is 1.37. The van der Waals surface area contributed by atoms with Crippen LogP contribution in [0.4, 0.5) is 0 Å². The van der Waals surface area contributed by atoms with Crippen molar-refractivity contribution in [1.82, 2.24) is 9.78 Å². The summed E-state index contributed by atoms with van der Waals surface area (Å²) in [5.41, 5.74) is 0.943. The standard InChI is InChI=1S/C9H8N2O2.C2H6/c1-11-7-5-3-2-4-6(7)8(10-11)9(12)13;1-2/h2-5H,1H3,(H,12,13);1-2H3. The van der Waals surface area contributed by atoms with Crippen LogP contribution in [0.1, 0.15) is 24.3 Å². The second-order valence-corrected chi connectivity index (χ2v) is 2.79. The Balaban J connectivity index is 0.000000531. The van der Waals surface area contributed by atoms with Crippen LogP contribution in [0.3, 0.4) is 0 Å². The molecule has 0 aliphatic heterocycles. The predicted octanol–water partition coefficient (Wildman–Crippen LogP) is 2.30. The number of carboxylic acids is 1. The summed E-state index contributed by atoms with van der Waals surface area (Å²) in [6.07, 6.45) is 0. The Kier molecular flexibility index (Phi) is 3.44. The molecule has 4 heteroatoms. The van der Waals surface area contributed by atoms with Gasteiger partial charge < -0.3 is 5.11 Å². The second-order valence-electron chi connectivity index (χ2n) is 2.79. The van der Waals surface area contributed by atoms with Crippen LogP contribution < -0.4 is 0 Å². The van der Waals surface area contributed by atoms with Crippen molar-refractivity contribution in [1.29, 1.82) is 0 Å². The van der Waals surface area contributed by atoms with Crippen molar-refractivity contribution in [2.24, 2.45) is 7.05 Å². The minimum absolute atomic E-state index is 0.109. The molecule has 4 nitrogen and oxygen atoms in total. The van der Waals surface area contributed by atoms with Gasteiger partial charge in [-0.05, 0) is 6.07 Å². The van der Waals surface area contributed by atoms with Crippen molar-refractivity contribution in [3.63, 3.8) is 0 Å². The summed E-state index contributed by atoms with van der Waals surface area (Å²) in [4.78, 5) is 10.8. The monoisotopic (exact) mass is 206 g/mol. The third kappa shape index (κ3) is 1.98. The normalized spacial score (nSPS) is 9.53. The highest BCUT2D eigenvalue weighted by atomic mass is 16.4. The molecule has 0 saturated heterocycles. The summed E-state index contributed by atoms with van der Waals surface area (Å²) >= 11 is 0. The van der Waals surface area contributed by atoms with Crippen molar-refractivity contribution in [2.45, 2.75) is 13.8 Å². The lowest BCUT2D eigenvalue weighted by molar-refractivity contribution is 0.0691. The van der Waals surface area contributed by atoms with E-state index in [2.05, 4.69) is 5.10 Å². The number of nitrogens with zero attached hydrogens (tertiary/aromatic N) is 2. The number of fused-ring (bicyclic) bond motifs is 1. The molecule has 0 aliphatic rings. The summed E-state index contributed by atoms with van der Waals surface area (Å²) in [5.74, 6) is -0.989. The molecule has 2 aromatic rings. The highest BCUT2D eigenvalue weighted by Crippen LogP contribution is 2.16. The van der Waals surface area contributed by atoms with E-state index in [1.165, 1.54) is 0 Å². The number of rotatable bonds is 1. The Hall–Kier alpha value is -1.84. The van der Waals surface area contributed by atoms with Gasteiger partial charge in [0.2, 0.25) is 0 Å². The number of aryl methyl sites for hydroxylation is 1. The molecule has 80 valence electrons. The van der Waals surface area contributed by atoms with Gasteiger partial charge in [-0.25, -0.2) is 4.79 Å². The Morgan fingerprint density at radius 2 is 1.93 bits per heavy atom. The maximum Gasteiger partial charge on any atom is 0.357 e. The van der Waals surface area contributed by atoms with Crippen molar-refractivity contribution >= 4 is 16.9 Å². The van der Waals surface area contributed by atoms with Crippen LogP contribution in [0.25, 0.3) is 10.9 Å². The van der Waals surface area contributed by atoms with Gasteiger partial charge >= 0.3 is 5.97 Å². The number of aromatic carboxylic acids is 1. The number of hydrogen-bond acceptors (Lipinski definition) is 2. The lowest BCUT2D eigenvalue weighted by Crippen LogP contribution is -1.99. The van der Waals surface area contributed by atoms with Gasteiger partial charge in [0, 0.05) is 12.4 Å². The minimum Gasteiger partial charge on any atom is -0.476 e. The van der Waals surface area contributed by atoms with Crippen LogP contribution in [-0.4, -0.2) is 20.9 Å². The van der Waals surface area contributed by atoms with Crippen LogP contribution in [0.5, 0.6) is 0 Å². The first kappa shape index (κ1) is 11.2. The van der Waals surface area contributed by atoms with Gasteiger partial charge in [-0.2, -0.15) is 5.10 Å². The van der Waals surface area contributed by atoms with Gasteiger partial charge in [0.25, 0.3) is 0 Å². The summed E-state index contributed by atoms with van der Waals surface area (Å²) in [7, 11) is 1.73. The molecule has 0 bridgehead atoms. The molecule has 0 amide bonds. The maximum absolute atomic E-state index is 10.8. The van der Waals surface area contributed by atoms with E-state index in [-0.39, 0.29) is 5.69 Å². The van der Waals surface area contributed by atoms with Crippen LogP contribution in [-0.2, 0) is 7.05 Å². The Labute approximate surface area is 88.1 Å². The third-order valence-electron chi connectivity index (χ3n) is 1.96. The minimum atomic E-state index is -0.989. The highest BCUT2D eigenvalue weighted by Gasteiger charge is 2.13. The van der Waals surface area contributed by atoms with E-state index >= 15 is 0 Å². The zero-order valence-electron chi connectivity index (χ0n) is 9.06. The molecule has 0 spiro atoms. The smallest absolute Gasteiger partial charge is 0.357 e.